The quantitative estimate of drug-likeness (QED) is 0.566. The number of nitrogens with one attached hydrogen (secondary N) is 1. The molecule has 0 aliphatic carbocycles. The first-order valence-corrected chi connectivity index (χ1v) is 4.87. The zero-order valence-corrected chi connectivity index (χ0v) is 8.88. The number of aryl methyl sites for hydroxylation is 1. The Morgan fingerprint density at radius 3 is 2.93 bits per heavy atom. The molecule has 0 fully saturated rings. The van der Waals surface area contributed by atoms with Crippen molar-refractivity contribution in [1.29, 1.82) is 0 Å². The molecule has 0 aromatic heterocycles. The zero-order chi connectivity index (χ0) is 10.6. The summed E-state index contributed by atoms with van der Waals surface area (Å²) in [4.78, 5) is 0. The lowest BCUT2D eigenvalue weighted by Gasteiger charge is -2.16. The Hall–Kier alpha value is -1.44. The van der Waals surface area contributed by atoms with Gasteiger partial charge >= 0.3 is 0 Å². The summed E-state index contributed by atoms with van der Waals surface area (Å²) in [5, 5.41) is 3.36. The van der Waals surface area contributed by atoms with Crippen LogP contribution in [0.5, 0.6) is 0 Å². The van der Waals surface area contributed by atoms with E-state index in [9.17, 15) is 0 Å². The lowest BCUT2D eigenvalue weighted by molar-refractivity contribution is 0.814. The molecule has 0 radical (unpaired) electrons. The molecule has 0 bridgehead atoms. The first-order chi connectivity index (χ1) is 6.65. The predicted molar refractivity (Wildman–Crippen MR) is 63.5 cm³/mol. The highest BCUT2D eigenvalue weighted by Crippen LogP contribution is 2.22. The first kappa shape index (κ1) is 10.6. The van der Waals surface area contributed by atoms with Crippen molar-refractivity contribution < 1.29 is 0 Å². The van der Waals surface area contributed by atoms with Crippen LogP contribution < -0.4 is 11.1 Å². The van der Waals surface area contributed by atoms with Gasteiger partial charge in [-0.05, 0) is 31.9 Å². The van der Waals surface area contributed by atoms with Gasteiger partial charge in [-0.25, -0.2) is 0 Å². The minimum Gasteiger partial charge on any atom is -0.397 e. The van der Waals surface area contributed by atoms with Crippen molar-refractivity contribution >= 4 is 11.4 Å². The molecule has 2 nitrogen and oxygen atoms in total. The maximum Gasteiger partial charge on any atom is 0.0579 e. The minimum atomic E-state index is 0.372. The highest BCUT2D eigenvalue weighted by molar-refractivity contribution is 5.69. The molecule has 0 saturated heterocycles. The van der Waals surface area contributed by atoms with Gasteiger partial charge in [-0.15, -0.1) is 6.58 Å². The second-order valence-electron chi connectivity index (χ2n) is 3.61. The summed E-state index contributed by atoms with van der Waals surface area (Å²) in [6.45, 7) is 7.84. The molecule has 0 heterocycles. The summed E-state index contributed by atoms with van der Waals surface area (Å²) in [7, 11) is 0. The SMILES string of the molecule is C=CCC(C)Nc1cccc(C)c1N. The molecule has 3 N–H and O–H groups in total. The van der Waals surface area contributed by atoms with Crippen molar-refractivity contribution in [3.05, 3.63) is 36.4 Å². The summed E-state index contributed by atoms with van der Waals surface area (Å²) < 4.78 is 0. The van der Waals surface area contributed by atoms with E-state index in [-0.39, 0.29) is 0 Å². The van der Waals surface area contributed by atoms with Crippen molar-refractivity contribution in [2.24, 2.45) is 0 Å². The normalized spacial score (nSPS) is 12.1. The first-order valence-electron chi connectivity index (χ1n) is 4.87. The Morgan fingerprint density at radius 1 is 1.57 bits per heavy atom. The molecule has 0 aliphatic heterocycles. The van der Waals surface area contributed by atoms with Crippen LogP contribution in [0.15, 0.2) is 30.9 Å². The topological polar surface area (TPSA) is 38.0 Å². The van der Waals surface area contributed by atoms with E-state index < -0.39 is 0 Å². The summed E-state index contributed by atoms with van der Waals surface area (Å²) in [5.74, 6) is 0. The number of nitrogen functional groups attached to an aromatic ring is 1. The fourth-order valence-electron chi connectivity index (χ4n) is 1.38. The van der Waals surface area contributed by atoms with E-state index in [0.717, 1.165) is 23.4 Å². The number of nitrogens with two attached hydrogens (primary N) is 1. The zero-order valence-electron chi connectivity index (χ0n) is 8.88. The van der Waals surface area contributed by atoms with Crippen LogP contribution in [0.3, 0.4) is 0 Å². The molecule has 2 heteroatoms. The second kappa shape index (κ2) is 4.70. The molecule has 0 aliphatic rings. The van der Waals surface area contributed by atoms with Crippen LogP contribution in [0.2, 0.25) is 0 Å². The van der Waals surface area contributed by atoms with E-state index in [1.54, 1.807) is 0 Å². The number of hydrogen-bond acceptors (Lipinski definition) is 2. The molecule has 1 unspecified atom stereocenters. The van der Waals surface area contributed by atoms with Gasteiger partial charge in [0.2, 0.25) is 0 Å². The number of hydrogen-bond donors (Lipinski definition) is 2. The Labute approximate surface area is 85.8 Å². The van der Waals surface area contributed by atoms with Crippen molar-refractivity contribution in [2.45, 2.75) is 26.3 Å². The Balaban J connectivity index is 2.76. The number of benzene rings is 1. The second-order valence-corrected chi connectivity index (χ2v) is 3.61. The van der Waals surface area contributed by atoms with E-state index in [4.69, 9.17) is 5.73 Å². The molecule has 1 aromatic rings. The van der Waals surface area contributed by atoms with E-state index in [0.29, 0.717) is 6.04 Å². The largest absolute Gasteiger partial charge is 0.397 e. The molecule has 1 aromatic carbocycles. The van der Waals surface area contributed by atoms with Gasteiger partial charge in [0.15, 0.2) is 0 Å². The number of anilines is 2. The van der Waals surface area contributed by atoms with Gasteiger partial charge in [0.05, 0.1) is 11.4 Å². The monoisotopic (exact) mass is 190 g/mol. The van der Waals surface area contributed by atoms with Crippen LogP contribution in [-0.4, -0.2) is 6.04 Å². The van der Waals surface area contributed by atoms with Crippen LogP contribution in [0.1, 0.15) is 18.9 Å². The minimum absolute atomic E-state index is 0.372. The van der Waals surface area contributed by atoms with Gasteiger partial charge in [-0.2, -0.15) is 0 Å². The van der Waals surface area contributed by atoms with Crippen molar-refractivity contribution in [1.82, 2.24) is 0 Å². The molecule has 0 amide bonds. The molecule has 14 heavy (non-hydrogen) atoms. The van der Waals surface area contributed by atoms with Gasteiger partial charge in [0.1, 0.15) is 0 Å². The van der Waals surface area contributed by atoms with E-state index in [1.807, 2.05) is 31.2 Å². The molecule has 1 atom stereocenters. The molecule has 76 valence electrons. The predicted octanol–water partition coefficient (Wildman–Crippen LogP) is 2.95. The molecule has 1 rings (SSSR count). The van der Waals surface area contributed by atoms with Gasteiger partial charge in [-0.1, -0.05) is 18.2 Å². The standard InChI is InChI=1S/C12H18N2/c1-4-6-10(3)14-11-8-5-7-9(2)12(11)13/h4-5,7-8,10,14H,1,6,13H2,2-3H3. The van der Waals surface area contributed by atoms with Gasteiger partial charge < -0.3 is 11.1 Å². The third-order valence-electron chi connectivity index (χ3n) is 2.25. The maximum absolute atomic E-state index is 5.94. The Kier molecular flexibility index (Phi) is 3.57. The summed E-state index contributed by atoms with van der Waals surface area (Å²) in [5.41, 5.74) is 8.90. The van der Waals surface area contributed by atoms with Crippen LogP contribution in [-0.2, 0) is 0 Å². The molecule has 0 spiro atoms. The van der Waals surface area contributed by atoms with Crippen LogP contribution in [0.4, 0.5) is 11.4 Å². The van der Waals surface area contributed by atoms with Crippen molar-refractivity contribution in [3.63, 3.8) is 0 Å². The Bertz CT molecular complexity index is 318. The van der Waals surface area contributed by atoms with Crippen molar-refractivity contribution in [3.8, 4) is 0 Å². The highest BCUT2D eigenvalue weighted by Gasteiger charge is 2.03. The van der Waals surface area contributed by atoms with Crippen LogP contribution in [0.25, 0.3) is 0 Å². The van der Waals surface area contributed by atoms with Crippen molar-refractivity contribution in [2.75, 3.05) is 11.1 Å². The third kappa shape index (κ3) is 2.52. The lowest BCUT2D eigenvalue weighted by Crippen LogP contribution is -2.15. The fourth-order valence-corrected chi connectivity index (χ4v) is 1.38. The average molecular weight is 190 g/mol. The third-order valence-corrected chi connectivity index (χ3v) is 2.25. The van der Waals surface area contributed by atoms with Crippen LogP contribution in [0, 0.1) is 6.92 Å². The summed E-state index contributed by atoms with van der Waals surface area (Å²) >= 11 is 0. The van der Waals surface area contributed by atoms with Gasteiger partial charge in [0, 0.05) is 6.04 Å². The Morgan fingerprint density at radius 2 is 2.29 bits per heavy atom. The molecular formula is C12H18N2. The summed E-state index contributed by atoms with van der Waals surface area (Å²) in [6.07, 6.45) is 2.84. The number of rotatable bonds is 4. The van der Waals surface area contributed by atoms with Gasteiger partial charge in [-0.3, -0.25) is 0 Å². The fraction of sp³-hybridized carbons (Fsp3) is 0.333. The van der Waals surface area contributed by atoms with Gasteiger partial charge in [0.25, 0.3) is 0 Å². The lowest BCUT2D eigenvalue weighted by atomic mass is 10.1. The maximum atomic E-state index is 5.94. The smallest absolute Gasteiger partial charge is 0.0579 e. The van der Waals surface area contributed by atoms with Crippen LogP contribution >= 0.6 is 0 Å². The number of para-hydroxylation sites is 1. The summed E-state index contributed by atoms with van der Waals surface area (Å²) in [6, 6.07) is 6.39. The molecular weight excluding hydrogens is 172 g/mol. The van der Waals surface area contributed by atoms with E-state index in [1.165, 1.54) is 0 Å². The highest BCUT2D eigenvalue weighted by atomic mass is 14.9. The molecule has 0 saturated carbocycles. The average Bonchev–Trinajstić information content (AvgIpc) is 2.13. The van der Waals surface area contributed by atoms with E-state index in [2.05, 4.69) is 18.8 Å². The van der Waals surface area contributed by atoms with E-state index >= 15 is 0 Å².